The zero-order valence-corrected chi connectivity index (χ0v) is 11.8. The Hall–Kier alpha value is -0.860. The maximum Gasteiger partial charge on any atom is 0.0558 e. The highest BCUT2D eigenvalue weighted by Gasteiger charge is 2.22. The Bertz CT molecular complexity index is 423. The minimum Gasteiger partial charge on any atom is -0.395 e. The van der Waals surface area contributed by atoms with E-state index in [-0.39, 0.29) is 6.61 Å². The fourth-order valence-corrected chi connectivity index (χ4v) is 3.75. The molecule has 1 aromatic carbocycles. The van der Waals surface area contributed by atoms with Gasteiger partial charge in [0, 0.05) is 19.1 Å². The summed E-state index contributed by atoms with van der Waals surface area (Å²) in [5, 5.41) is 9.29. The maximum absolute atomic E-state index is 9.29. The van der Waals surface area contributed by atoms with Crippen molar-refractivity contribution in [2.24, 2.45) is 0 Å². The van der Waals surface area contributed by atoms with Crippen molar-refractivity contribution in [2.75, 3.05) is 13.2 Å². The molecule has 0 spiro atoms. The van der Waals surface area contributed by atoms with E-state index in [0.717, 1.165) is 13.1 Å². The normalized spacial score (nSPS) is 19.3. The quantitative estimate of drug-likeness (QED) is 0.879. The standard InChI is InChI=1S/C17H25NO/c19-11-10-18(17-6-1-2-7-17)13-14-8-9-15-4-3-5-16(15)12-14/h8-9,12,17,19H,1-7,10-11,13H2. The van der Waals surface area contributed by atoms with Gasteiger partial charge in [0.15, 0.2) is 0 Å². The zero-order chi connectivity index (χ0) is 13.1. The SMILES string of the molecule is OCCN(Cc1ccc2c(c1)CCC2)C1CCCC1. The van der Waals surface area contributed by atoms with Crippen molar-refractivity contribution in [3.63, 3.8) is 0 Å². The predicted octanol–water partition coefficient (Wildman–Crippen LogP) is 2.91. The lowest BCUT2D eigenvalue weighted by molar-refractivity contribution is 0.145. The van der Waals surface area contributed by atoms with Crippen molar-refractivity contribution in [3.05, 3.63) is 34.9 Å². The van der Waals surface area contributed by atoms with E-state index in [2.05, 4.69) is 23.1 Å². The van der Waals surface area contributed by atoms with Gasteiger partial charge < -0.3 is 5.11 Å². The molecule has 0 aromatic heterocycles. The van der Waals surface area contributed by atoms with E-state index in [1.165, 1.54) is 50.5 Å². The molecule has 1 aromatic rings. The minimum atomic E-state index is 0.279. The van der Waals surface area contributed by atoms with Crippen LogP contribution in [-0.4, -0.2) is 29.2 Å². The van der Waals surface area contributed by atoms with E-state index < -0.39 is 0 Å². The number of nitrogens with zero attached hydrogens (tertiary/aromatic N) is 1. The van der Waals surface area contributed by atoms with Crippen molar-refractivity contribution in [1.29, 1.82) is 0 Å². The number of hydrogen-bond donors (Lipinski definition) is 1. The van der Waals surface area contributed by atoms with Gasteiger partial charge in [-0.3, -0.25) is 4.90 Å². The molecule has 2 aliphatic carbocycles. The first kappa shape index (κ1) is 13.1. The summed E-state index contributed by atoms with van der Waals surface area (Å²) in [7, 11) is 0. The summed E-state index contributed by atoms with van der Waals surface area (Å²) in [4.78, 5) is 2.49. The van der Waals surface area contributed by atoms with Gasteiger partial charge in [0.2, 0.25) is 0 Å². The second kappa shape index (κ2) is 6.06. The number of aliphatic hydroxyl groups excluding tert-OH is 1. The highest BCUT2D eigenvalue weighted by Crippen LogP contribution is 2.27. The van der Waals surface area contributed by atoms with E-state index >= 15 is 0 Å². The second-order valence-corrected chi connectivity index (χ2v) is 6.09. The Morgan fingerprint density at radius 3 is 2.63 bits per heavy atom. The summed E-state index contributed by atoms with van der Waals surface area (Å²) in [5.74, 6) is 0. The zero-order valence-electron chi connectivity index (χ0n) is 11.8. The van der Waals surface area contributed by atoms with Crippen LogP contribution < -0.4 is 0 Å². The number of benzene rings is 1. The molecular weight excluding hydrogens is 234 g/mol. The Kier molecular flexibility index (Phi) is 4.19. The summed E-state index contributed by atoms with van der Waals surface area (Å²) in [6.45, 7) is 2.11. The third-order valence-electron chi connectivity index (χ3n) is 4.78. The van der Waals surface area contributed by atoms with E-state index in [1.807, 2.05) is 0 Å². The molecule has 1 fully saturated rings. The first-order valence-corrected chi connectivity index (χ1v) is 7.82. The molecule has 3 rings (SSSR count). The van der Waals surface area contributed by atoms with Crippen LogP contribution in [0.1, 0.15) is 48.8 Å². The van der Waals surface area contributed by atoms with E-state index in [1.54, 1.807) is 11.1 Å². The Balaban J connectivity index is 1.70. The Morgan fingerprint density at radius 1 is 1.05 bits per heavy atom. The van der Waals surface area contributed by atoms with Gasteiger partial charge in [0.25, 0.3) is 0 Å². The van der Waals surface area contributed by atoms with Gasteiger partial charge in [0.1, 0.15) is 0 Å². The molecule has 0 aliphatic heterocycles. The molecule has 0 atom stereocenters. The molecule has 0 saturated heterocycles. The molecule has 2 nitrogen and oxygen atoms in total. The van der Waals surface area contributed by atoms with Crippen molar-refractivity contribution < 1.29 is 5.11 Å². The van der Waals surface area contributed by atoms with Crippen LogP contribution in [0.15, 0.2) is 18.2 Å². The van der Waals surface area contributed by atoms with Crippen molar-refractivity contribution in [3.8, 4) is 0 Å². The third kappa shape index (κ3) is 3.01. The fraction of sp³-hybridized carbons (Fsp3) is 0.647. The first-order chi connectivity index (χ1) is 9.36. The largest absolute Gasteiger partial charge is 0.395 e. The van der Waals surface area contributed by atoms with Gasteiger partial charge in [0.05, 0.1) is 6.61 Å². The van der Waals surface area contributed by atoms with Gasteiger partial charge in [-0.05, 0) is 48.8 Å². The van der Waals surface area contributed by atoms with Crippen LogP contribution in [0.25, 0.3) is 0 Å². The van der Waals surface area contributed by atoms with Crippen LogP contribution >= 0.6 is 0 Å². The molecule has 2 aliphatic rings. The first-order valence-electron chi connectivity index (χ1n) is 7.82. The summed E-state index contributed by atoms with van der Waals surface area (Å²) in [5.41, 5.74) is 4.55. The monoisotopic (exact) mass is 259 g/mol. The Morgan fingerprint density at radius 2 is 1.84 bits per heavy atom. The summed E-state index contributed by atoms with van der Waals surface area (Å²) in [6.07, 6.45) is 9.18. The van der Waals surface area contributed by atoms with Crippen molar-refractivity contribution >= 4 is 0 Å². The number of hydrogen-bond acceptors (Lipinski definition) is 2. The van der Waals surface area contributed by atoms with Gasteiger partial charge >= 0.3 is 0 Å². The molecule has 1 N–H and O–H groups in total. The second-order valence-electron chi connectivity index (χ2n) is 6.09. The predicted molar refractivity (Wildman–Crippen MR) is 78.2 cm³/mol. The third-order valence-corrected chi connectivity index (χ3v) is 4.78. The average molecular weight is 259 g/mol. The minimum absolute atomic E-state index is 0.279. The lowest BCUT2D eigenvalue weighted by Gasteiger charge is -2.28. The van der Waals surface area contributed by atoms with Crippen LogP contribution in [-0.2, 0) is 19.4 Å². The van der Waals surface area contributed by atoms with Crippen molar-refractivity contribution in [2.45, 2.75) is 57.5 Å². The van der Waals surface area contributed by atoms with Crippen LogP contribution in [0, 0.1) is 0 Å². The molecule has 0 radical (unpaired) electrons. The topological polar surface area (TPSA) is 23.5 Å². The number of fused-ring (bicyclic) bond motifs is 1. The molecule has 0 amide bonds. The van der Waals surface area contributed by atoms with Gasteiger partial charge in [-0.15, -0.1) is 0 Å². The molecule has 0 bridgehead atoms. The smallest absolute Gasteiger partial charge is 0.0558 e. The molecule has 104 valence electrons. The summed E-state index contributed by atoms with van der Waals surface area (Å²) >= 11 is 0. The van der Waals surface area contributed by atoms with Gasteiger partial charge in [-0.1, -0.05) is 31.0 Å². The van der Waals surface area contributed by atoms with Crippen LogP contribution in [0.2, 0.25) is 0 Å². The average Bonchev–Trinajstić information content (AvgIpc) is 3.09. The molecular formula is C17H25NO. The molecule has 1 saturated carbocycles. The van der Waals surface area contributed by atoms with Crippen molar-refractivity contribution in [1.82, 2.24) is 4.90 Å². The Labute approximate surface area is 116 Å². The molecule has 19 heavy (non-hydrogen) atoms. The highest BCUT2D eigenvalue weighted by molar-refractivity contribution is 5.35. The number of aliphatic hydroxyl groups is 1. The van der Waals surface area contributed by atoms with Crippen LogP contribution in [0.4, 0.5) is 0 Å². The lowest BCUT2D eigenvalue weighted by atomic mass is 10.1. The van der Waals surface area contributed by atoms with E-state index in [0.29, 0.717) is 6.04 Å². The maximum atomic E-state index is 9.29. The highest BCUT2D eigenvalue weighted by atomic mass is 16.3. The molecule has 0 heterocycles. The van der Waals surface area contributed by atoms with Gasteiger partial charge in [-0.2, -0.15) is 0 Å². The van der Waals surface area contributed by atoms with E-state index in [4.69, 9.17) is 0 Å². The molecule has 0 unspecified atom stereocenters. The van der Waals surface area contributed by atoms with Gasteiger partial charge in [-0.25, -0.2) is 0 Å². The van der Waals surface area contributed by atoms with Crippen LogP contribution in [0.5, 0.6) is 0 Å². The fourth-order valence-electron chi connectivity index (χ4n) is 3.75. The summed E-state index contributed by atoms with van der Waals surface area (Å²) < 4.78 is 0. The molecule has 2 heteroatoms. The number of aryl methyl sites for hydroxylation is 2. The van der Waals surface area contributed by atoms with E-state index in [9.17, 15) is 5.11 Å². The summed E-state index contributed by atoms with van der Waals surface area (Å²) in [6, 6.07) is 7.72. The lowest BCUT2D eigenvalue weighted by Crippen LogP contribution is -2.35. The number of rotatable bonds is 5. The van der Waals surface area contributed by atoms with Crippen LogP contribution in [0.3, 0.4) is 0 Å².